The van der Waals surface area contributed by atoms with Crippen LogP contribution in [0.25, 0.3) is 54.9 Å². The zero-order chi connectivity index (χ0) is 30.2. The minimum atomic E-state index is -0.462. The van der Waals surface area contributed by atoms with Crippen LogP contribution in [0.5, 0.6) is 11.5 Å². The van der Waals surface area contributed by atoms with E-state index in [0.717, 1.165) is 17.1 Å². The Morgan fingerprint density at radius 1 is 0.391 bits per heavy atom. The molecule has 1 heteroatoms. The van der Waals surface area contributed by atoms with Crippen molar-refractivity contribution in [1.82, 2.24) is 0 Å². The van der Waals surface area contributed by atoms with Gasteiger partial charge in [0.2, 0.25) is 0 Å². The van der Waals surface area contributed by atoms with Crippen LogP contribution in [0.1, 0.15) is 22.3 Å². The van der Waals surface area contributed by atoms with Gasteiger partial charge in [-0.2, -0.15) is 0 Å². The van der Waals surface area contributed by atoms with Crippen molar-refractivity contribution in [2.45, 2.75) is 5.41 Å². The van der Waals surface area contributed by atoms with Crippen LogP contribution >= 0.6 is 0 Å². The predicted octanol–water partition coefficient (Wildman–Crippen LogP) is 11.8. The van der Waals surface area contributed by atoms with Gasteiger partial charge in [-0.15, -0.1) is 0 Å². The summed E-state index contributed by atoms with van der Waals surface area (Å²) in [5, 5.41) is 4.93. The Morgan fingerprint density at radius 2 is 1.04 bits per heavy atom. The third kappa shape index (κ3) is 3.35. The minimum Gasteiger partial charge on any atom is -0.456 e. The number of fused-ring (bicyclic) bond motifs is 7. The molecule has 8 aromatic carbocycles. The smallest absolute Gasteiger partial charge is 0.135 e. The molecule has 1 aliphatic carbocycles. The van der Waals surface area contributed by atoms with Gasteiger partial charge in [-0.3, -0.25) is 0 Å². The van der Waals surface area contributed by atoms with Gasteiger partial charge in [0.25, 0.3) is 0 Å². The molecule has 8 aromatic rings. The van der Waals surface area contributed by atoms with Gasteiger partial charge in [-0.25, -0.2) is 0 Å². The van der Waals surface area contributed by atoms with E-state index in [4.69, 9.17) is 4.74 Å². The molecule has 0 aromatic heterocycles. The SMILES string of the molecule is c1ccc(C2(c3ccc(-c4cccc5c4-c4cccc6cccc(c46)O5)cc3)c3ccccc3-c3ccc4ccccc4c32)cc1. The molecule has 0 N–H and O–H groups in total. The van der Waals surface area contributed by atoms with E-state index >= 15 is 0 Å². The van der Waals surface area contributed by atoms with Gasteiger partial charge >= 0.3 is 0 Å². The topological polar surface area (TPSA) is 9.23 Å². The van der Waals surface area contributed by atoms with Crippen LogP contribution in [0.15, 0.2) is 170 Å². The fraction of sp³-hybridized carbons (Fsp3) is 0.0222. The Hall–Kier alpha value is -5.92. The monoisotopic (exact) mass is 584 g/mol. The highest BCUT2D eigenvalue weighted by atomic mass is 16.5. The Kier molecular flexibility index (Phi) is 5.27. The van der Waals surface area contributed by atoms with Gasteiger partial charge in [0.05, 0.1) is 5.41 Å². The van der Waals surface area contributed by atoms with E-state index in [-0.39, 0.29) is 0 Å². The molecule has 0 saturated heterocycles. The first kappa shape index (κ1) is 25.4. The maximum atomic E-state index is 6.51. The summed E-state index contributed by atoms with van der Waals surface area (Å²) in [6.07, 6.45) is 0. The summed E-state index contributed by atoms with van der Waals surface area (Å²) >= 11 is 0. The van der Waals surface area contributed by atoms with Crippen molar-refractivity contribution in [1.29, 1.82) is 0 Å². The van der Waals surface area contributed by atoms with Crippen molar-refractivity contribution in [3.05, 3.63) is 192 Å². The Bertz CT molecular complexity index is 2480. The average molecular weight is 585 g/mol. The van der Waals surface area contributed by atoms with Crippen LogP contribution in [-0.2, 0) is 5.41 Å². The molecule has 0 radical (unpaired) electrons. The molecule has 1 unspecified atom stereocenters. The lowest BCUT2D eigenvalue weighted by molar-refractivity contribution is 0.487. The predicted molar refractivity (Wildman–Crippen MR) is 190 cm³/mol. The Balaban J connectivity index is 1.23. The Labute approximate surface area is 268 Å². The van der Waals surface area contributed by atoms with Crippen molar-refractivity contribution < 1.29 is 4.74 Å². The minimum absolute atomic E-state index is 0.462. The molecule has 214 valence electrons. The van der Waals surface area contributed by atoms with E-state index in [9.17, 15) is 0 Å². The summed E-state index contributed by atoms with van der Waals surface area (Å²) in [7, 11) is 0. The number of hydrogen-bond acceptors (Lipinski definition) is 1. The van der Waals surface area contributed by atoms with Gasteiger partial charge < -0.3 is 4.74 Å². The van der Waals surface area contributed by atoms with E-state index in [2.05, 4.69) is 170 Å². The molecule has 1 aliphatic heterocycles. The summed E-state index contributed by atoms with van der Waals surface area (Å²) in [5.41, 5.74) is 12.1. The molecule has 0 amide bonds. The first-order valence-electron chi connectivity index (χ1n) is 15.9. The van der Waals surface area contributed by atoms with Crippen molar-refractivity contribution >= 4 is 21.5 Å². The van der Waals surface area contributed by atoms with E-state index < -0.39 is 5.41 Å². The number of ether oxygens (including phenoxy) is 1. The summed E-state index contributed by atoms with van der Waals surface area (Å²) < 4.78 is 6.51. The highest BCUT2D eigenvalue weighted by Crippen LogP contribution is 2.58. The lowest BCUT2D eigenvalue weighted by Gasteiger charge is -2.35. The largest absolute Gasteiger partial charge is 0.456 e. The van der Waals surface area contributed by atoms with Crippen LogP contribution in [-0.4, -0.2) is 0 Å². The first-order valence-corrected chi connectivity index (χ1v) is 15.9. The standard InChI is InChI=1S/C45H28O/c1-2-14-32(15-3-1)45(39-20-7-6-17-36(39)37-28-25-29-11-4-5-16-35(29)44(37)45)33-26-23-30(24-27-33)34-18-10-22-41-43(34)38-19-8-12-31-13-9-21-40(46-41)42(31)38/h1-28H. The molecule has 0 spiro atoms. The van der Waals surface area contributed by atoms with Crippen LogP contribution in [0.3, 0.4) is 0 Å². The highest BCUT2D eigenvalue weighted by Gasteiger charge is 2.47. The second-order valence-electron chi connectivity index (χ2n) is 12.4. The van der Waals surface area contributed by atoms with Crippen LogP contribution < -0.4 is 4.74 Å². The van der Waals surface area contributed by atoms with Gasteiger partial charge in [0, 0.05) is 10.9 Å². The van der Waals surface area contributed by atoms with Crippen molar-refractivity contribution in [3.8, 4) is 44.9 Å². The Morgan fingerprint density at radius 3 is 1.93 bits per heavy atom. The van der Waals surface area contributed by atoms with E-state index in [1.807, 2.05) is 0 Å². The molecule has 1 atom stereocenters. The fourth-order valence-corrected chi connectivity index (χ4v) is 8.29. The van der Waals surface area contributed by atoms with E-state index in [1.165, 1.54) is 71.6 Å². The van der Waals surface area contributed by atoms with Gasteiger partial charge in [0.15, 0.2) is 0 Å². The normalized spacial score (nSPS) is 15.7. The summed E-state index contributed by atoms with van der Waals surface area (Å²) in [4.78, 5) is 0. The molecule has 0 saturated carbocycles. The molecule has 1 nitrogen and oxygen atoms in total. The molecule has 46 heavy (non-hydrogen) atoms. The number of benzene rings is 8. The van der Waals surface area contributed by atoms with Crippen molar-refractivity contribution in [2.75, 3.05) is 0 Å². The van der Waals surface area contributed by atoms with E-state index in [0.29, 0.717) is 0 Å². The van der Waals surface area contributed by atoms with Gasteiger partial charge in [-0.1, -0.05) is 158 Å². The van der Waals surface area contributed by atoms with Crippen molar-refractivity contribution in [2.24, 2.45) is 0 Å². The van der Waals surface area contributed by atoms with Crippen LogP contribution in [0, 0.1) is 0 Å². The van der Waals surface area contributed by atoms with Crippen molar-refractivity contribution in [3.63, 3.8) is 0 Å². The average Bonchev–Trinajstić information content (AvgIpc) is 3.44. The molecule has 10 rings (SSSR count). The molecule has 1 heterocycles. The van der Waals surface area contributed by atoms with Crippen LogP contribution in [0.4, 0.5) is 0 Å². The second kappa shape index (κ2) is 9.54. The lowest BCUT2D eigenvalue weighted by atomic mass is 9.66. The quantitative estimate of drug-likeness (QED) is 0.201. The highest BCUT2D eigenvalue weighted by molar-refractivity contribution is 6.07. The molecule has 0 fully saturated rings. The second-order valence-corrected chi connectivity index (χ2v) is 12.4. The number of rotatable bonds is 3. The molecule has 0 bridgehead atoms. The maximum Gasteiger partial charge on any atom is 0.135 e. The first-order chi connectivity index (χ1) is 22.8. The summed E-state index contributed by atoms with van der Waals surface area (Å²) in [5.74, 6) is 1.82. The zero-order valence-electron chi connectivity index (χ0n) is 25.1. The molecular formula is C45H28O. The van der Waals surface area contributed by atoms with E-state index in [1.54, 1.807) is 0 Å². The lowest BCUT2D eigenvalue weighted by Crippen LogP contribution is -2.28. The number of hydrogen-bond donors (Lipinski definition) is 0. The summed E-state index contributed by atoms with van der Waals surface area (Å²) in [6, 6.07) is 62.1. The van der Waals surface area contributed by atoms with Gasteiger partial charge in [-0.05, 0) is 78.4 Å². The zero-order valence-corrected chi connectivity index (χ0v) is 25.1. The molecule has 2 aliphatic rings. The van der Waals surface area contributed by atoms with Crippen LogP contribution in [0.2, 0.25) is 0 Å². The molecular weight excluding hydrogens is 556 g/mol. The summed E-state index contributed by atoms with van der Waals surface area (Å²) in [6.45, 7) is 0. The maximum absolute atomic E-state index is 6.51. The third-order valence-electron chi connectivity index (χ3n) is 10.1. The fourth-order valence-electron chi connectivity index (χ4n) is 8.29. The third-order valence-corrected chi connectivity index (χ3v) is 10.1. The van der Waals surface area contributed by atoms with Gasteiger partial charge in [0.1, 0.15) is 11.5 Å².